The van der Waals surface area contributed by atoms with Crippen molar-refractivity contribution in [2.75, 3.05) is 19.8 Å². The average molecular weight is 295 g/mol. The molecule has 116 valence electrons. The van der Waals surface area contributed by atoms with Crippen molar-refractivity contribution >= 4 is 11.9 Å². The minimum Gasteiger partial charge on any atom is -0.475 e. The molecule has 21 heavy (non-hydrogen) atoms. The second-order valence-corrected chi connectivity index (χ2v) is 5.45. The lowest BCUT2D eigenvalue weighted by Crippen LogP contribution is -2.42. The molecule has 1 aromatic heterocycles. The van der Waals surface area contributed by atoms with E-state index in [1.807, 2.05) is 6.92 Å². The van der Waals surface area contributed by atoms with E-state index in [-0.39, 0.29) is 22.8 Å². The van der Waals surface area contributed by atoms with E-state index in [2.05, 4.69) is 5.32 Å². The van der Waals surface area contributed by atoms with Gasteiger partial charge in [-0.3, -0.25) is 4.79 Å². The van der Waals surface area contributed by atoms with Gasteiger partial charge in [0.25, 0.3) is 5.91 Å². The number of nitrogens with one attached hydrogen (secondary N) is 1. The van der Waals surface area contributed by atoms with Crippen molar-refractivity contribution < 1.29 is 23.8 Å². The number of rotatable bonds is 8. The second-order valence-electron chi connectivity index (χ2n) is 5.45. The molecule has 1 saturated carbocycles. The molecule has 0 atom stereocenters. The van der Waals surface area contributed by atoms with Crippen LogP contribution in [0.1, 0.15) is 53.7 Å². The van der Waals surface area contributed by atoms with E-state index in [0.717, 1.165) is 19.3 Å². The summed E-state index contributed by atoms with van der Waals surface area (Å²) in [6.45, 7) is 3.94. The highest BCUT2D eigenvalue weighted by atomic mass is 16.5. The van der Waals surface area contributed by atoms with E-state index >= 15 is 0 Å². The van der Waals surface area contributed by atoms with E-state index in [1.165, 1.54) is 18.6 Å². The van der Waals surface area contributed by atoms with Crippen LogP contribution in [0.25, 0.3) is 0 Å². The highest BCUT2D eigenvalue weighted by Gasteiger charge is 2.37. The van der Waals surface area contributed by atoms with Crippen LogP contribution in [0.2, 0.25) is 0 Å². The van der Waals surface area contributed by atoms with Crippen molar-refractivity contribution in [1.82, 2.24) is 5.32 Å². The van der Waals surface area contributed by atoms with Crippen LogP contribution in [0.3, 0.4) is 0 Å². The molecule has 0 saturated heterocycles. The Morgan fingerprint density at radius 1 is 1.38 bits per heavy atom. The van der Waals surface area contributed by atoms with Crippen molar-refractivity contribution in [1.29, 1.82) is 0 Å². The Balaban J connectivity index is 1.85. The molecule has 2 N–H and O–H groups in total. The van der Waals surface area contributed by atoms with Crippen molar-refractivity contribution in [3.8, 4) is 0 Å². The van der Waals surface area contributed by atoms with E-state index in [4.69, 9.17) is 14.3 Å². The molecule has 1 amide bonds. The molecule has 0 aliphatic heterocycles. The Morgan fingerprint density at radius 3 is 2.62 bits per heavy atom. The standard InChI is InChI=1S/C15H21NO5/c1-2-20-9-8-15(6-3-7-15)10-16-13(17)11-4-5-12(21-11)14(18)19/h4-5H,2-3,6-10H2,1H3,(H,16,17)(H,18,19). The van der Waals surface area contributed by atoms with Crippen molar-refractivity contribution in [3.05, 3.63) is 23.7 Å². The molecule has 0 unspecified atom stereocenters. The van der Waals surface area contributed by atoms with Crippen LogP contribution in [0, 0.1) is 5.41 Å². The van der Waals surface area contributed by atoms with Crippen molar-refractivity contribution in [3.63, 3.8) is 0 Å². The molecular formula is C15H21NO5. The number of amides is 1. The summed E-state index contributed by atoms with van der Waals surface area (Å²) in [5.74, 6) is -1.74. The summed E-state index contributed by atoms with van der Waals surface area (Å²) in [5, 5.41) is 11.6. The molecule has 0 spiro atoms. The molecule has 0 bridgehead atoms. The summed E-state index contributed by atoms with van der Waals surface area (Å²) in [6.07, 6.45) is 4.27. The number of carbonyl (C=O) groups is 2. The molecule has 0 aromatic carbocycles. The minimum absolute atomic E-state index is 0.0340. The molecule has 6 nitrogen and oxygen atoms in total. The number of hydrogen-bond acceptors (Lipinski definition) is 4. The van der Waals surface area contributed by atoms with Gasteiger partial charge in [-0.15, -0.1) is 0 Å². The van der Waals surface area contributed by atoms with E-state index in [1.54, 1.807) is 0 Å². The van der Waals surface area contributed by atoms with Gasteiger partial charge >= 0.3 is 5.97 Å². The Hall–Kier alpha value is -1.82. The van der Waals surface area contributed by atoms with Gasteiger partial charge in [-0.2, -0.15) is 0 Å². The zero-order valence-electron chi connectivity index (χ0n) is 12.2. The maximum absolute atomic E-state index is 12.0. The molecule has 1 aliphatic carbocycles. The summed E-state index contributed by atoms with van der Waals surface area (Å²) >= 11 is 0. The van der Waals surface area contributed by atoms with Crippen molar-refractivity contribution in [2.45, 2.75) is 32.6 Å². The Labute approximate surface area is 123 Å². The maximum atomic E-state index is 12.0. The number of aromatic carboxylic acids is 1. The third-order valence-corrected chi connectivity index (χ3v) is 4.06. The lowest BCUT2D eigenvalue weighted by atomic mass is 9.67. The smallest absolute Gasteiger partial charge is 0.371 e. The number of furan rings is 1. The molecule has 0 radical (unpaired) electrons. The molecule has 6 heteroatoms. The van der Waals surface area contributed by atoms with Gasteiger partial charge in [0.1, 0.15) is 0 Å². The first-order chi connectivity index (χ1) is 10.1. The van der Waals surface area contributed by atoms with Gasteiger partial charge in [0.05, 0.1) is 0 Å². The number of hydrogen-bond donors (Lipinski definition) is 2. The number of carbonyl (C=O) groups excluding carboxylic acids is 1. The van der Waals surface area contributed by atoms with Gasteiger partial charge in [0, 0.05) is 19.8 Å². The summed E-state index contributed by atoms with van der Waals surface area (Å²) in [6, 6.07) is 2.66. The monoisotopic (exact) mass is 295 g/mol. The molecule has 1 aliphatic rings. The zero-order chi connectivity index (χ0) is 15.3. The fourth-order valence-corrected chi connectivity index (χ4v) is 2.55. The quantitative estimate of drug-likeness (QED) is 0.718. The third-order valence-electron chi connectivity index (χ3n) is 4.06. The van der Waals surface area contributed by atoms with Crippen molar-refractivity contribution in [2.24, 2.45) is 5.41 Å². The zero-order valence-corrected chi connectivity index (χ0v) is 12.2. The summed E-state index contributed by atoms with van der Waals surface area (Å²) < 4.78 is 10.4. The van der Waals surface area contributed by atoms with Gasteiger partial charge in [0.15, 0.2) is 5.76 Å². The predicted octanol–water partition coefficient (Wildman–Crippen LogP) is 2.30. The Kier molecular flexibility index (Phi) is 5.01. The highest BCUT2D eigenvalue weighted by molar-refractivity contribution is 5.93. The van der Waals surface area contributed by atoms with Gasteiger partial charge in [-0.25, -0.2) is 4.79 Å². The molecule has 2 rings (SSSR count). The SMILES string of the molecule is CCOCCC1(CNC(=O)c2ccc(C(=O)O)o2)CCC1. The first-order valence-electron chi connectivity index (χ1n) is 7.25. The average Bonchev–Trinajstić information content (AvgIpc) is 2.90. The van der Waals surface area contributed by atoms with Crippen LogP contribution in [-0.4, -0.2) is 36.7 Å². The van der Waals surface area contributed by atoms with E-state index < -0.39 is 5.97 Å². The van der Waals surface area contributed by atoms with Gasteiger partial charge in [0.2, 0.25) is 5.76 Å². The molecule has 1 fully saturated rings. The fourth-order valence-electron chi connectivity index (χ4n) is 2.55. The predicted molar refractivity (Wildman–Crippen MR) is 75.4 cm³/mol. The van der Waals surface area contributed by atoms with Crippen LogP contribution in [-0.2, 0) is 4.74 Å². The number of carboxylic acids is 1. The second kappa shape index (κ2) is 6.76. The molecule has 1 heterocycles. The highest BCUT2D eigenvalue weighted by Crippen LogP contribution is 2.43. The molecular weight excluding hydrogens is 274 g/mol. The van der Waals surface area contributed by atoms with Gasteiger partial charge < -0.3 is 19.6 Å². The topological polar surface area (TPSA) is 88.8 Å². The van der Waals surface area contributed by atoms with E-state index in [0.29, 0.717) is 19.8 Å². The minimum atomic E-state index is -1.18. The van der Waals surface area contributed by atoms with Crippen LogP contribution < -0.4 is 5.32 Å². The molecule has 1 aromatic rings. The number of carboxylic acid groups (broad SMARTS) is 1. The fraction of sp³-hybridized carbons (Fsp3) is 0.600. The lowest BCUT2D eigenvalue weighted by Gasteiger charge is -2.42. The van der Waals surface area contributed by atoms with Crippen LogP contribution in [0.15, 0.2) is 16.5 Å². The van der Waals surface area contributed by atoms with Gasteiger partial charge in [-0.05, 0) is 43.7 Å². The largest absolute Gasteiger partial charge is 0.475 e. The van der Waals surface area contributed by atoms with Crippen LogP contribution in [0.4, 0.5) is 0 Å². The maximum Gasteiger partial charge on any atom is 0.371 e. The summed E-state index contributed by atoms with van der Waals surface area (Å²) in [5.41, 5.74) is 0.118. The first-order valence-corrected chi connectivity index (χ1v) is 7.25. The normalized spacial score (nSPS) is 16.2. The lowest BCUT2D eigenvalue weighted by molar-refractivity contribution is 0.0505. The van der Waals surface area contributed by atoms with E-state index in [9.17, 15) is 9.59 Å². The van der Waals surface area contributed by atoms with Gasteiger partial charge in [-0.1, -0.05) is 6.42 Å². The Morgan fingerprint density at radius 2 is 2.10 bits per heavy atom. The van der Waals surface area contributed by atoms with Crippen LogP contribution >= 0.6 is 0 Å². The first kappa shape index (κ1) is 15.6. The third kappa shape index (κ3) is 3.85. The Bertz CT molecular complexity index is 504. The summed E-state index contributed by atoms with van der Waals surface area (Å²) in [4.78, 5) is 22.7. The number of ether oxygens (including phenoxy) is 1. The van der Waals surface area contributed by atoms with Crippen LogP contribution in [0.5, 0.6) is 0 Å². The summed E-state index contributed by atoms with van der Waals surface area (Å²) in [7, 11) is 0.